The van der Waals surface area contributed by atoms with Crippen LogP contribution in [0.4, 0.5) is 11.4 Å². The Morgan fingerprint density at radius 3 is 2.67 bits per heavy atom. The van der Waals surface area contributed by atoms with Crippen molar-refractivity contribution in [1.82, 2.24) is 0 Å². The van der Waals surface area contributed by atoms with Gasteiger partial charge in [-0.3, -0.25) is 14.5 Å². The molecule has 30 heavy (non-hydrogen) atoms. The first kappa shape index (κ1) is 21.0. The first-order valence-corrected chi connectivity index (χ1v) is 12.2. The Morgan fingerprint density at radius 2 is 1.87 bits per heavy atom. The third kappa shape index (κ3) is 4.72. The van der Waals surface area contributed by atoms with Crippen LogP contribution >= 0.6 is 11.8 Å². The van der Waals surface area contributed by atoms with Crippen LogP contribution in [0, 0.1) is 0 Å². The first-order chi connectivity index (χ1) is 14.7. The number of thioether (sulfide) groups is 1. The zero-order valence-electron chi connectivity index (χ0n) is 17.7. The van der Waals surface area contributed by atoms with Crippen molar-refractivity contribution in [2.24, 2.45) is 0 Å². The van der Waals surface area contributed by atoms with Gasteiger partial charge in [0.2, 0.25) is 11.8 Å². The summed E-state index contributed by atoms with van der Waals surface area (Å²) in [5.74, 6) is 0.731. The molecule has 0 spiro atoms. The van der Waals surface area contributed by atoms with Crippen LogP contribution in [0.3, 0.4) is 0 Å². The molecular formula is C25H30N2O2S. The highest BCUT2D eigenvalue weighted by atomic mass is 32.2. The molecule has 158 valence electrons. The first-order valence-electron chi connectivity index (χ1n) is 11.1. The number of aryl methyl sites for hydroxylation is 2. The van der Waals surface area contributed by atoms with Crippen molar-refractivity contribution < 1.29 is 9.59 Å². The van der Waals surface area contributed by atoms with E-state index in [-0.39, 0.29) is 17.2 Å². The summed E-state index contributed by atoms with van der Waals surface area (Å²) in [4.78, 5) is 26.7. The molecular weight excluding hydrogens is 392 g/mol. The quantitative estimate of drug-likeness (QED) is 0.542. The molecule has 1 aliphatic heterocycles. The Bertz CT molecular complexity index is 910. The zero-order chi connectivity index (χ0) is 20.9. The largest absolute Gasteiger partial charge is 0.326 e. The van der Waals surface area contributed by atoms with Gasteiger partial charge in [-0.15, -0.1) is 11.8 Å². The molecule has 1 saturated heterocycles. The normalized spacial score (nSPS) is 18.0. The van der Waals surface area contributed by atoms with Crippen LogP contribution in [0.2, 0.25) is 0 Å². The summed E-state index contributed by atoms with van der Waals surface area (Å²) in [6.07, 6.45) is 8.43. The molecule has 1 atom stereocenters. The second-order valence-corrected chi connectivity index (χ2v) is 9.28. The van der Waals surface area contributed by atoms with Crippen LogP contribution in [0.25, 0.3) is 0 Å². The molecule has 1 heterocycles. The van der Waals surface area contributed by atoms with Crippen LogP contribution in [0.5, 0.6) is 0 Å². The Kier molecular flexibility index (Phi) is 6.78. The van der Waals surface area contributed by atoms with Crippen LogP contribution in [0.15, 0.2) is 42.5 Å². The predicted molar refractivity (Wildman–Crippen MR) is 125 cm³/mol. The van der Waals surface area contributed by atoms with E-state index in [1.165, 1.54) is 30.4 Å². The molecule has 1 unspecified atom stereocenters. The fraction of sp³-hybridized carbons (Fsp3) is 0.440. The number of anilines is 2. The molecule has 1 fully saturated rings. The lowest BCUT2D eigenvalue weighted by Gasteiger charge is -2.25. The second kappa shape index (κ2) is 9.69. The van der Waals surface area contributed by atoms with Crippen LogP contribution in [-0.4, -0.2) is 17.6 Å². The number of benzene rings is 2. The molecule has 2 aromatic rings. The number of nitrogens with one attached hydrogen (secondary N) is 1. The highest BCUT2D eigenvalue weighted by molar-refractivity contribution is 8.00. The number of nitrogens with zero attached hydrogens (tertiary/aromatic N) is 1. The smallest absolute Gasteiger partial charge is 0.238 e. The van der Waals surface area contributed by atoms with E-state index in [9.17, 15) is 9.59 Å². The van der Waals surface area contributed by atoms with Crippen molar-refractivity contribution in [3.63, 3.8) is 0 Å². The fourth-order valence-electron chi connectivity index (χ4n) is 4.32. The molecule has 1 N–H and O–H groups in total. The minimum atomic E-state index is -0.0178. The summed E-state index contributed by atoms with van der Waals surface area (Å²) in [6, 6.07) is 14.4. The summed E-state index contributed by atoms with van der Waals surface area (Å²) in [5, 5.41) is 2.97. The molecule has 4 nitrogen and oxygen atoms in total. The van der Waals surface area contributed by atoms with Gasteiger partial charge in [0, 0.05) is 17.8 Å². The minimum absolute atomic E-state index is 0.0178. The van der Waals surface area contributed by atoms with Gasteiger partial charge in [0.15, 0.2) is 0 Å². The van der Waals surface area contributed by atoms with Crippen LogP contribution in [0.1, 0.15) is 67.5 Å². The van der Waals surface area contributed by atoms with Crippen molar-refractivity contribution in [2.45, 2.75) is 63.7 Å². The Labute approximate surface area is 183 Å². The number of amides is 2. The highest BCUT2D eigenvalue weighted by Crippen LogP contribution is 2.42. The predicted octanol–water partition coefficient (Wildman–Crippen LogP) is 5.86. The van der Waals surface area contributed by atoms with Gasteiger partial charge in [-0.05, 0) is 66.6 Å². The number of carbonyl (C=O) groups excluding carboxylic acids is 2. The van der Waals surface area contributed by atoms with Gasteiger partial charge in [-0.1, -0.05) is 44.4 Å². The van der Waals surface area contributed by atoms with Gasteiger partial charge in [-0.2, -0.15) is 0 Å². The minimum Gasteiger partial charge on any atom is -0.326 e. The number of unbranched alkanes of at least 4 members (excludes halogenated alkanes) is 3. The van der Waals surface area contributed by atoms with E-state index in [0.29, 0.717) is 12.2 Å². The molecule has 0 saturated carbocycles. The Balaban J connectivity index is 1.43. The average Bonchev–Trinajstić information content (AvgIpc) is 3.37. The lowest BCUT2D eigenvalue weighted by molar-refractivity contribution is -0.116. The van der Waals surface area contributed by atoms with Crippen molar-refractivity contribution in [3.05, 3.63) is 59.2 Å². The molecule has 2 aromatic carbocycles. The van der Waals surface area contributed by atoms with Crippen molar-refractivity contribution >= 4 is 35.0 Å². The molecule has 0 bridgehead atoms. The molecule has 5 heteroatoms. The number of fused-ring (bicyclic) bond motifs is 1. The maximum absolute atomic E-state index is 12.7. The van der Waals surface area contributed by atoms with Gasteiger partial charge >= 0.3 is 0 Å². The molecule has 4 rings (SSSR count). The Hall–Kier alpha value is -2.27. The molecule has 2 aliphatic rings. The SMILES string of the molecule is CCCCCCC(=O)Nc1ccc(C2SCC(=O)N2c2ccc3c(c2)CCC3)cc1. The summed E-state index contributed by atoms with van der Waals surface area (Å²) in [6.45, 7) is 2.17. The van der Waals surface area contributed by atoms with Crippen molar-refractivity contribution in [1.29, 1.82) is 0 Å². The van der Waals surface area contributed by atoms with Crippen molar-refractivity contribution in [3.8, 4) is 0 Å². The maximum atomic E-state index is 12.7. The third-order valence-electron chi connectivity index (χ3n) is 5.97. The van der Waals surface area contributed by atoms with Gasteiger partial charge in [0.05, 0.1) is 5.75 Å². The number of hydrogen-bond acceptors (Lipinski definition) is 3. The number of rotatable bonds is 8. The van der Waals surface area contributed by atoms with E-state index in [4.69, 9.17) is 0 Å². The lowest BCUT2D eigenvalue weighted by atomic mass is 10.1. The van der Waals surface area contributed by atoms with Crippen LogP contribution < -0.4 is 10.2 Å². The standard InChI is InChI=1S/C25H30N2O2S/c1-2-3-4-5-9-23(28)26-21-13-10-19(11-14-21)25-27(24(29)17-30-25)22-15-12-18-7-6-8-20(18)16-22/h10-16,25H,2-9,17H2,1H3,(H,26,28). The Morgan fingerprint density at radius 1 is 1.07 bits per heavy atom. The number of carbonyl (C=O) groups is 2. The topological polar surface area (TPSA) is 49.4 Å². The molecule has 0 radical (unpaired) electrons. The summed E-state index contributed by atoms with van der Waals surface area (Å²) >= 11 is 1.66. The van der Waals surface area contributed by atoms with Gasteiger partial charge in [0.1, 0.15) is 5.37 Å². The van der Waals surface area contributed by atoms with E-state index in [2.05, 4.69) is 30.4 Å². The zero-order valence-corrected chi connectivity index (χ0v) is 18.5. The molecule has 2 amide bonds. The second-order valence-electron chi connectivity index (χ2n) is 8.21. The van der Waals surface area contributed by atoms with Gasteiger partial charge < -0.3 is 5.32 Å². The van der Waals surface area contributed by atoms with E-state index in [0.717, 1.165) is 42.6 Å². The summed E-state index contributed by atoms with van der Waals surface area (Å²) in [7, 11) is 0. The monoisotopic (exact) mass is 422 g/mol. The van der Waals surface area contributed by atoms with E-state index < -0.39 is 0 Å². The van der Waals surface area contributed by atoms with Crippen LogP contribution in [-0.2, 0) is 22.4 Å². The fourth-order valence-corrected chi connectivity index (χ4v) is 5.50. The van der Waals surface area contributed by atoms with E-state index in [1.807, 2.05) is 29.2 Å². The van der Waals surface area contributed by atoms with Gasteiger partial charge in [0.25, 0.3) is 0 Å². The van der Waals surface area contributed by atoms with E-state index in [1.54, 1.807) is 11.8 Å². The molecule has 0 aromatic heterocycles. The van der Waals surface area contributed by atoms with Crippen molar-refractivity contribution in [2.75, 3.05) is 16.0 Å². The third-order valence-corrected chi connectivity index (χ3v) is 7.18. The number of hydrogen-bond donors (Lipinski definition) is 1. The maximum Gasteiger partial charge on any atom is 0.238 e. The van der Waals surface area contributed by atoms with E-state index >= 15 is 0 Å². The van der Waals surface area contributed by atoms with Gasteiger partial charge in [-0.25, -0.2) is 0 Å². The summed E-state index contributed by atoms with van der Waals surface area (Å²) < 4.78 is 0. The average molecular weight is 423 g/mol. The lowest BCUT2D eigenvalue weighted by Crippen LogP contribution is -2.27. The summed E-state index contributed by atoms with van der Waals surface area (Å²) in [5.41, 5.74) is 5.71. The molecule has 1 aliphatic carbocycles. The highest BCUT2D eigenvalue weighted by Gasteiger charge is 2.34.